The highest BCUT2D eigenvalue weighted by Gasteiger charge is 2.46. The Morgan fingerprint density at radius 3 is 3.04 bits per heavy atom. The van der Waals surface area contributed by atoms with Gasteiger partial charge in [-0.15, -0.1) is 0 Å². The molecule has 2 aromatic heterocycles. The van der Waals surface area contributed by atoms with E-state index < -0.39 is 0 Å². The third-order valence-electron chi connectivity index (χ3n) is 5.32. The molecule has 7 nitrogen and oxygen atoms in total. The summed E-state index contributed by atoms with van der Waals surface area (Å²) in [5, 5.41) is 9.90. The lowest BCUT2D eigenvalue weighted by molar-refractivity contribution is -0.134. The number of aromatic nitrogens is 3. The van der Waals surface area contributed by atoms with Crippen LogP contribution in [0.25, 0.3) is 11.0 Å². The fourth-order valence-corrected chi connectivity index (χ4v) is 4.32. The molecule has 0 bridgehead atoms. The summed E-state index contributed by atoms with van der Waals surface area (Å²) >= 11 is 0. The highest BCUT2D eigenvalue weighted by atomic mass is 16.2. The molecule has 2 aliphatic heterocycles. The second-order valence-corrected chi connectivity index (χ2v) is 6.67. The summed E-state index contributed by atoms with van der Waals surface area (Å²) in [6, 6.07) is 4.00. The Hall–Kier alpha value is -2.62. The number of piperidine rings is 1. The average molecular weight is 326 g/mol. The minimum Gasteiger partial charge on any atom is -0.354 e. The molecule has 0 aromatic carbocycles. The Labute approximate surface area is 141 Å². The number of nitrogens with zero attached hydrogens (tertiary/aromatic N) is 5. The summed E-state index contributed by atoms with van der Waals surface area (Å²) in [4.78, 5) is 28.5. The fourth-order valence-electron chi connectivity index (χ4n) is 4.32. The van der Waals surface area contributed by atoms with E-state index in [1.165, 1.54) is 0 Å². The van der Waals surface area contributed by atoms with Crippen LogP contribution in [0.1, 0.15) is 33.5 Å². The van der Waals surface area contributed by atoms with Crippen molar-refractivity contribution in [1.82, 2.24) is 19.9 Å². The minimum absolute atomic E-state index is 0. The molecule has 1 unspecified atom stereocenters. The first-order valence-corrected chi connectivity index (χ1v) is 8.44. The third kappa shape index (κ3) is 2.30. The number of rotatable bonds is 2. The Balaban J connectivity index is 0.00000182. The quantitative estimate of drug-likeness (QED) is 0.912. The van der Waals surface area contributed by atoms with Gasteiger partial charge in [0.05, 0.1) is 17.0 Å². The monoisotopic (exact) mass is 326 g/mol. The number of H-pyrrole nitrogens is 1. The molecule has 4 rings (SSSR count). The van der Waals surface area contributed by atoms with Gasteiger partial charge in [0.25, 0.3) is 0 Å². The molecule has 2 fully saturated rings. The molecule has 2 aliphatic rings. The predicted molar refractivity (Wildman–Crippen MR) is 91.4 cm³/mol. The van der Waals surface area contributed by atoms with E-state index in [2.05, 4.69) is 19.9 Å². The van der Waals surface area contributed by atoms with Crippen molar-refractivity contribution in [1.29, 1.82) is 5.26 Å². The van der Waals surface area contributed by atoms with Gasteiger partial charge in [-0.3, -0.25) is 4.79 Å². The zero-order valence-corrected chi connectivity index (χ0v) is 13.5. The Morgan fingerprint density at radius 1 is 1.38 bits per heavy atom. The molecular formula is C17H22N6O. The molecule has 24 heavy (non-hydrogen) atoms. The molecule has 0 saturated carbocycles. The summed E-state index contributed by atoms with van der Waals surface area (Å²) in [5.74, 6) is 0.895. The van der Waals surface area contributed by atoms with Crippen molar-refractivity contribution in [3.05, 3.63) is 18.6 Å². The molecule has 2 saturated heterocycles. The summed E-state index contributed by atoms with van der Waals surface area (Å²) < 4.78 is 0. The van der Waals surface area contributed by atoms with Crippen LogP contribution in [0.2, 0.25) is 0 Å². The molecule has 126 valence electrons. The number of nitrogens with one attached hydrogen (secondary N) is 1. The second kappa shape index (κ2) is 5.78. The van der Waals surface area contributed by atoms with Gasteiger partial charge in [-0.25, -0.2) is 9.97 Å². The predicted octanol–water partition coefficient (Wildman–Crippen LogP) is 2.08. The van der Waals surface area contributed by atoms with Crippen LogP contribution in [-0.4, -0.2) is 50.9 Å². The number of hydrogen-bond acceptors (Lipinski definition) is 5. The lowest BCUT2D eigenvalue weighted by Crippen LogP contribution is -2.57. The van der Waals surface area contributed by atoms with Crippen molar-refractivity contribution in [3.63, 3.8) is 0 Å². The van der Waals surface area contributed by atoms with Gasteiger partial charge in [-0.05, 0) is 31.7 Å². The molecule has 1 spiro atoms. The zero-order chi connectivity index (χ0) is 16.6. The van der Waals surface area contributed by atoms with Crippen molar-refractivity contribution in [2.45, 2.75) is 37.6 Å². The van der Waals surface area contributed by atoms with Crippen molar-refractivity contribution >= 4 is 22.8 Å². The highest BCUT2D eigenvalue weighted by Crippen LogP contribution is 2.39. The van der Waals surface area contributed by atoms with Gasteiger partial charge >= 0.3 is 0 Å². The topological polar surface area (TPSA) is 88.9 Å². The van der Waals surface area contributed by atoms with Crippen molar-refractivity contribution in [3.8, 4) is 6.07 Å². The fraction of sp³-hybridized carbons (Fsp3) is 0.529. The second-order valence-electron chi connectivity index (χ2n) is 6.67. The molecule has 2 aromatic rings. The van der Waals surface area contributed by atoms with Gasteiger partial charge < -0.3 is 14.8 Å². The maximum Gasteiger partial charge on any atom is 0.237 e. The van der Waals surface area contributed by atoms with Crippen LogP contribution >= 0.6 is 0 Å². The van der Waals surface area contributed by atoms with Crippen LogP contribution in [0, 0.1) is 11.3 Å². The maximum absolute atomic E-state index is 12.4. The van der Waals surface area contributed by atoms with Gasteiger partial charge in [0.15, 0.2) is 0 Å². The lowest BCUT2D eigenvalue weighted by Gasteiger charge is -2.46. The van der Waals surface area contributed by atoms with Crippen molar-refractivity contribution in [2.24, 2.45) is 0 Å². The van der Waals surface area contributed by atoms with E-state index in [0.29, 0.717) is 0 Å². The smallest absolute Gasteiger partial charge is 0.237 e. The van der Waals surface area contributed by atoms with E-state index in [1.54, 1.807) is 6.33 Å². The standard InChI is InChI=1S/C17H20N6O.H2/c18-7-3-14(24)23-10-2-6-17(23)5-1-9-22(11-17)16-13-4-8-19-15(13)20-12-21-16;/h4,8,12H,1-3,5-6,9-11H2,(H,19,20,21);1H. The molecule has 1 atom stereocenters. The lowest BCUT2D eigenvalue weighted by atomic mass is 9.86. The average Bonchev–Trinajstić information content (AvgIpc) is 3.22. The van der Waals surface area contributed by atoms with Crippen LogP contribution in [0.15, 0.2) is 18.6 Å². The molecule has 7 heteroatoms. The van der Waals surface area contributed by atoms with Crippen molar-refractivity contribution in [2.75, 3.05) is 24.5 Å². The zero-order valence-electron chi connectivity index (χ0n) is 13.5. The van der Waals surface area contributed by atoms with Gasteiger partial charge in [-0.1, -0.05) is 0 Å². The number of carbonyl (C=O) groups is 1. The largest absolute Gasteiger partial charge is 0.354 e. The summed E-state index contributed by atoms with van der Waals surface area (Å²) in [7, 11) is 0. The van der Waals surface area contributed by atoms with E-state index in [4.69, 9.17) is 5.26 Å². The van der Waals surface area contributed by atoms with Crippen LogP contribution < -0.4 is 4.90 Å². The number of anilines is 1. The van der Waals surface area contributed by atoms with Gasteiger partial charge in [0.1, 0.15) is 24.2 Å². The Bertz CT molecular complexity index is 815. The number of amides is 1. The molecule has 1 amide bonds. The first-order valence-electron chi connectivity index (χ1n) is 8.44. The third-order valence-corrected chi connectivity index (χ3v) is 5.32. The van der Waals surface area contributed by atoms with Crippen LogP contribution in [-0.2, 0) is 4.79 Å². The van der Waals surface area contributed by atoms with E-state index in [1.807, 2.05) is 23.2 Å². The number of nitriles is 1. The number of aromatic amines is 1. The van der Waals surface area contributed by atoms with E-state index >= 15 is 0 Å². The molecular weight excluding hydrogens is 304 g/mol. The first kappa shape index (κ1) is 14.9. The molecule has 4 heterocycles. The maximum atomic E-state index is 12.4. The SMILES string of the molecule is N#CCC(=O)N1CCCC12CCCN(c1ncnc3[nH]ccc13)C2.[HH]. The Kier molecular flexibility index (Phi) is 3.60. The van der Waals surface area contributed by atoms with E-state index in [-0.39, 0.29) is 19.3 Å². The highest BCUT2D eigenvalue weighted by molar-refractivity contribution is 5.87. The van der Waals surface area contributed by atoms with Crippen LogP contribution in [0.3, 0.4) is 0 Å². The number of fused-ring (bicyclic) bond motifs is 1. The van der Waals surface area contributed by atoms with E-state index in [0.717, 1.165) is 62.2 Å². The van der Waals surface area contributed by atoms with Crippen LogP contribution in [0.4, 0.5) is 5.82 Å². The molecule has 0 aliphatic carbocycles. The first-order chi connectivity index (χ1) is 11.7. The van der Waals surface area contributed by atoms with Gasteiger partial charge in [0.2, 0.25) is 5.91 Å². The number of hydrogen-bond donors (Lipinski definition) is 1. The summed E-state index contributed by atoms with van der Waals surface area (Å²) in [6.45, 7) is 2.47. The van der Waals surface area contributed by atoms with Crippen molar-refractivity contribution < 1.29 is 6.22 Å². The number of likely N-dealkylation sites (tertiary alicyclic amines) is 1. The van der Waals surface area contributed by atoms with Gasteiger partial charge in [-0.2, -0.15) is 5.26 Å². The Morgan fingerprint density at radius 2 is 2.21 bits per heavy atom. The molecule has 0 radical (unpaired) electrons. The summed E-state index contributed by atoms with van der Waals surface area (Å²) in [5.41, 5.74) is 0.684. The van der Waals surface area contributed by atoms with Crippen LogP contribution in [0.5, 0.6) is 0 Å². The number of carbonyl (C=O) groups excluding carboxylic acids is 1. The minimum atomic E-state index is -0.153. The normalized spacial score (nSPS) is 23.8. The van der Waals surface area contributed by atoms with E-state index in [9.17, 15) is 4.79 Å². The summed E-state index contributed by atoms with van der Waals surface area (Å²) in [6.07, 6.45) is 7.46. The molecule has 1 N–H and O–H groups in total. The van der Waals surface area contributed by atoms with Gasteiger partial charge in [0, 0.05) is 27.3 Å².